The van der Waals surface area contributed by atoms with Crippen molar-refractivity contribution >= 4 is 58.3 Å². The number of nitrogens with one attached hydrogen (secondary N) is 7. The van der Waals surface area contributed by atoms with E-state index in [1.807, 2.05) is 78.9 Å². The molecule has 0 fully saturated rings. The van der Waals surface area contributed by atoms with Gasteiger partial charge in [0.05, 0.1) is 6.42 Å². The van der Waals surface area contributed by atoms with Crippen LogP contribution < -0.4 is 31.9 Å². The summed E-state index contributed by atoms with van der Waals surface area (Å²) in [6, 6.07) is 16.6. The van der Waals surface area contributed by atoms with Crippen molar-refractivity contribution in [3.63, 3.8) is 0 Å². The topological polar surface area (TPSA) is 265 Å². The molecule has 0 bridgehead atoms. The maximum absolute atomic E-state index is 14.1. The lowest BCUT2D eigenvalue weighted by atomic mass is 9.94. The van der Waals surface area contributed by atoms with Crippen molar-refractivity contribution in [3.05, 3.63) is 96.2 Å². The zero-order valence-electron chi connectivity index (χ0n) is 39.2. The number of aliphatic carboxylic acids is 2. The van der Waals surface area contributed by atoms with Crippen LogP contribution in [0.25, 0.3) is 22.0 Å². The first-order chi connectivity index (χ1) is 31.8. The van der Waals surface area contributed by atoms with Crippen LogP contribution in [-0.4, -0.2) is 98.8 Å². The highest BCUT2D eigenvalue weighted by Gasteiger charge is 2.37. The Hall–Kier alpha value is -7.04. The fourth-order valence-electron chi connectivity index (χ4n) is 7.67. The zero-order valence-corrected chi connectivity index (χ0v) is 39.2. The third-order valence-electron chi connectivity index (χ3n) is 11.8. The predicted molar refractivity (Wildman–Crippen MR) is 253 cm³/mol. The smallest absolute Gasteiger partial charge is 0.326 e. The Morgan fingerprint density at radius 2 is 1.06 bits per heavy atom. The van der Waals surface area contributed by atoms with E-state index in [1.54, 1.807) is 47.7 Å². The second-order valence-electron chi connectivity index (χ2n) is 17.6. The molecule has 8 atom stereocenters. The van der Waals surface area contributed by atoms with E-state index in [2.05, 4.69) is 36.9 Å². The lowest BCUT2D eigenvalue weighted by molar-refractivity contribution is -0.142. The van der Waals surface area contributed by atoms with E-state index in [4.69, 9.17) is 0 Å². The van der Waals surface area contributed by atoms with Gasteiger partial charge in [-0.2, -0.15) is 0 Å². The highest BCUT2D eigenvalue weighted by Crippen LogP contribution is 2.22. The van der Waals surface area contributed by atoms with E-state index in [9.17, 15) is 48.6 Å². The molecule has 0 aliphatic rings. The summed E-state index contributed by atoms with van der Waals surface area (Å²) >= 11 is 0. The summed E-state index contributed by atoms with van der Waals surface area (Å²) in [4.78, 5) is 110. The summed E-state index contributed by atoms with van der Waals surface area (Å²) in [7, 11) is 0. The quantitative estimate of drug-likeness (QED) is 0.0456. The number of rotatable bonds is 25. The summed E-state index contributed by atoms with van der Waals surface area (Å²) in [5.74, 6) is -8.49. The van der Waals surface area contributed by atoms with Crippen LogP contribution in [0.5, 0.6) is 0 Å². The number of carbonyl (C=O) groups is 8. The molecular formula is C50H65N7O10. The number of aromatic amines is 1. The largest absolute Gasteiger partial charge is 0.481 e. The van der Waals surface area contributed by atoms with Gasteiger partial charge in [-0.3, -0.25) is 33.6 Å². The third-order valence-corrected chi connectivity index (χ3v) is 11.8. The van der Waals surface area contributed by atoms with Crippen molar-refractivity contribution < 1.29 is 48.6 Å². The summed E-state index contributed by atoms with van der Waals surface area (Å²) in [5, 5.41) is 36.5. The van der Waals surface area contributed by atoms with Crippen LogP contribution in [0.1, 0.15) is 85.3 Å². The molecule has 4 rings (SSSR count). The van der Waals surface area contributed by atoms with Crippen LogP contribution in [0, 0.1) is 17.8 Å². The van der Waals surface area contributed by atoms with Gasteiger partial charge in [0.25, 0.3) is 0 Å². The first kappa shape index (κ1) is 52.6. The molecular weight excluding hydrogens is 859 g/mol. The van der Waals surface area contributed by atoms with Crippen molar-refractivity contribution in [3.8, 4) is 11.1 Å². The van der Waals surface area contributed by atoms with Crippen molar-refractivity contribution in [1.29, 1.82) is 0 Å². The first-order valence-corrected chi connectivity index (χ1v) is 22.7. The van der Waals surface area contributed by atoms with E-state index in [-0.39, 0.29) is 25.2 Å². The van der Waals surface area contributed by atoms with Gasteiger partial charge in [0.15, 0.2) is 0 Å². The number of carboxylic acids is 2. The van der Waals surface area contributed by atoms with Crippen LogP contribution in [0.15, 0.2) is 85.1 Å². The minimum Gasteiger partial charge on any atom is -0.481 e. The molecule has 8 unspecified atom stereocenters. The van der Waals surface area contributed by atoms with Gasteiger partial charge in [-0.25, -0.2) is 4.79 Å². The normalized spacial score (nSPS) is 14.8. The fourth-order valence-corrected chi connectivity index (χ4v) is 7.67. The molecule has 67 heavy (non-hydrogen) atoms. The Bertz CT molecular complexity index is 2350. The number of hydrogen-bond donors (Lipinski definition) is 9. The highest BCUT2D eigenvalue weighted by atomic mass is 16.4. The Balaban J connectivity index is 1.50. The van der Waals surface area contributed by atoms with E-state index in [1.165, 1.54) is 6.92 Å². The maximum atomic E-state index is 14.1. The fraction of sp³-hybridized carbons (Fsp3) is 0.440. The molecule has 17 heteroatoms. The van der Waals surface area contributed by atoms with Crippen LogP contribution in [-0.2, 0) is 51.2 Å². The molecule has 3 aromatic carbocycles. The monoisotopic (exact) mass is 923 g/mol. The number of fused-ring (bicyclic) bond motifs is 1. The molecule has 360 valence electrons. The van der Waals surface area contributed by atoms with E-state index in [0.717, 1.165) is 27.6 Å². The summed E-state index contributed by atoms with van der Waals surface area (Å²) < 4.78 is 0. The molecule has 0 radical (unpaired) electrons. The predicted octanol–water partition coefficient (Wildman–Crippen LogP) is 4.25. The van der Waals surface area contributed by atoms with Crippen LogP contribution >= 0.6 is 0 Å². The van der Waals surface area contributed by atoms with Gasteiger partial charge >= 0.3 is 11.9 Å². The Morgan fingerprint density at radius 1 is 0.552 bits per heavy atom. The first-order valence-electron chi connectivity index (χ1n) is 22.7. The summed E-state index contributed by atoms with van der Waals surface area (Å²) in [6.45, 7) is 11.8. The van der Waals surface area contributed by atoms with Gasteiger partial charge in [-0.1, -0.05) is 127 Å². The molecule has 0 aliphatic carbocycles. The van der Waals surface area contributed by atoms with Crippen molar-refractivity contribution in [2.75, 3.05) is 0 Å². The van der Waals surface area contributed by atoms with Gasteiger partial charge in [-0.05, 0) is 52.5 Å². The molecule has 6 amide bonds. The van der Waals surface area contributed by atoms with Crippen LogP contribution in [0.2, 0.25) is 0 Å². The number of H-pyrrole nitrogens is 1. The van der Waals surface area contributed by atoms with Crippen LogP contribution in [0.3, 0.4) is 0 Å². The molecule has 9 N–H and O–H groups in total. The van der Waals surface area contributed by atoms with E-state index in [0.29, 0.717) is 18.4 Å². The number of para-hydroxylation sites is 1. The molecule has 0 aliphatic heterocycles. The summed E-state index contributed by atoms with van der Waals surface area (Å²) in [6.07, 6.45) is 1.69. The number of amides is 6. The van der Waals surface area contributed by atoms with E-state index >= 15 is 0 Å². The SMILES string of the molecule is CCC(C)C(NC(=O)C(CC(=O)O)NC(=O)C(CC(C)C)NC(=O)C(Cc1ccc(-c2ccccc2)cc1)NC(C)=O)C(=O)NC(C(=O)NC(Cc1c[nH]c2ccccc12)C(=O)O)C(C)CC. The standard InChI is InChI=1S/C50H65N7O10/c1-8-29(5)43(48(64)55-41(50(66)67)25-35-27-51-37-18-14-13-17-36(35)37)57-49(65)44(30(6)9-2)56-47(63)40(26-42(59)60)54-45(61)38(23-28(3)4)53-46(62)39(52-31(7)58)24-32-19-21-34(22-20-32)33-15-11-10-12-16-33/h10-22,27-30,38-41,43-44,51H,8-9,23-26H2,1-7H3,(H,52,58)(H,53,62)(H,54,61)(H,55,64)(H,56,63)(H,57,65)(H,59,60)(H,66,67). The molecule has 17 nitrogen and oxygen atoms in total. The Labute approximate surface area is 391 Å². The van der Waals surface area contributed by atoms with Gasteiger partial charge in [-0.15, -0.1) is 0 Å². The molecule has 0 saturated carbocycles. The highest BCUT2D eigenvalue weighted by molar-refractivity contribution is 5.98. The number of carbonyl (C=O) groups excluding carboxylic acids is 6. The van der Waals surface area contributed by atoms with Gasteiger partial charge in [0.2, 0.25) is 35.4 Å². The van der Waals surface area contributed by atoms with Gasteiger partial charge in [0.1, 0.15) is 36.3 Å². The number of carboxylic acid groups (broad SMARTS) is 2. The average molecular weight is 924 g/mol. The minimum absolute atomic E-state index is 0.0456. The Kier molecular flexibility index (Phi) is 19.6. The second kappa shape index (κ2) is 25.0. The third kappa shape index (κ3) is 15.5. The zero-order chi connectivity index (χ0) is 49.4. The maximum Gasteiger partial charge on any atom is 0.326 e. The van der Waals surface area contributed by atoms with Gasteiger partial charge < -0.3 is 47.1 Å². The molecule has 0 saturated heterocycles. The average Bonchev–Trinajstić information content (AvgIpc) is 3.70. The lowest BCUT2D eigenvalue weighted by Crippen LogP contribution is -2.61. The number of aromatic nitrogens is 1. The molecule has 1 aromatic heterocycles. The molecule has 1 heterocycles. The van der Waals surface area contributed by atoms with Gasteiger partial charge in [0, 0.05) is 36.9 Å². The van der Waals surface area contributed by atoms with Crippen molar-refractivity contribution in [2.24, 2.45) is 17.8 Å². The minimum atomic E-state index is -1.71. The Morgan fingerprint density at radius 3 is 1.63 bits per heavy atom. The van der Waals surface area contributed by atoms with E-state index < -0.39 is 102 Å². The van der Waals surface area contributed by atoms with Crippen molar-refractivity contribution in [1.82, 2.24) is 36.9 Å². The lowest BCUT2D eigenvalue weighted by Gasteiger charge is -2.30. The van der Waals surface area contributed by atoms with Crippen LogP contribution in [0.4, 0.5) is 0 Å². The second-order valence-corrected chi connectivity index (χ2v) is 17.6. The molecule has 4 aromatic rings. The summed E-state index contributed by atoms with van der Waals surface area (Å²) in [5.41, 5.74) is 4.16. The number of benzene rings is 3. The number of hydrogen-bond acceptors (Lipinski definition) is 8. The molecule has 0 spiro atoms. The van der Waals surface area contributed by atoms with Crippen molar-refractivity contribution in [2.45, 2.75) is 123 Å².